The number of phenols is 1. The molecular formula is C11H14O6. The number of aliphatic hydroxyl groups is 3. The summed E-state index contributed by atoms with van der Waals surface area (Å²) in [7, 11) is 0. The molecule has 0 aliphatic carbocycles. The Morgan fingerprint density at radius 2 is 1.88 bits per heavy atom. The Morgan fingerprint density at radius 3 is 2.47 bits per heavy atom. The number of ether oxygens (including phenoxy) is 2. The summed E-state index contributed by atoms with van der Waals surface area (Å²) in [6.45, 7) is -0.418. The van der Waals surface area contributed by atoms with Gasteiger partial charge in [-0.05, 0) is 12.1 Å². The number of benzene rings is 1. The molecule has 4 N–H and O–H groups in total. The van der Waals surface area contributed by atoms with E-state index in [2.05, 4.69) is 0 Å². The van der Waals surface area contributed by atoms with Gasteiger partial charge in [0.15, 0.2) is 11.5 Å². The van der Waals surface area contributed by atoms with Crippen LogP contribution in [0.4, 0.5) is 0 Å². The van der Waals surface area contributed by atoms with Crippen molar-refractivity contribution in [1.29, 1.82) is 0 Å². The van der Waals surface area contributed by atoms with Crippen molar-refractivity contribution in [2.75, 3.05) is 6.61 Å². The molecule has 0 saturated carbocycles. The van der Waals surface area contributed by atoms with Gasteiger partial charge in [0.25, 0.3) is 0 Å². The number of aromatic hydroxyl groups is 1. The Balaban J connectivity index is 2.08. The molecule has 4 atom stereocenters. The predicted octanol–water partition coefficient (Wildman–Crippen LogP) is -0.790. The normalized spacial score (nSPS) is 32.6. The minimum Gasteiger partial charge on any atom is -0.504 e. The topological polar surface area (TPSA) is 99.4 Å². The van der Waals surface area contributed by atoms with Gasteiger partial charge in [0.05, 0.1) is 6.61 Å². The van der Waals surface area contributed by atoms with E-state index in [4.69, 9.17) is 14.6 Å². The average molecular weight is 242 g/mol. The second-order valence-electron chi connectivity index (χ2n) is 3.79. The highest BCUT2D eigenvalue weighted by molar-refractivity contribution is 5.38. The molecule has 0 radical (unpaired) electrons. The fourth-order valence-electron chi connectivity index (χ4n) is 1.64. The number of rotatable bonds is 3. The van der Waals surface area contributed by atoms with Gasteiger partial charge in [-0.25, -0.2) is 0 Å². The average Bonchev–Trinajstić information content (AvgIpc) is 2.60. The Hall–Kier alpha value is -1.34. The van der Waals surface area contributed by atoms with Crippen LogP contribution in [0.2, 0.25) is 0 Å². The molecule has 0 amide bonds. The van der Waals surface area contributed by atoms with Crippen molar-refractivity contribution in [2.45, 2.75) is 24.6 Å². The maximum absolute atomic E-state index is 9.62. The maximum atomic E-state index is 9.62. The minimum absolute atomic E-state index is 0.0924. The largest absolute Gasteiger partial charge is 0.504 e. The van der Waals surface area contributed by atoms with Gasteiger partial charge in [0.2, 0.25) is 6.29 Å². The lowest BCUT2D eigenvalue weighted by Crippen LogP contribution is -2.35. The van der Waals surface area contributed by atoms with E-state index in [9.17, 15) is 15.3 Å². The van der Waals surface area contributed by atoms with Crippen molar-refractivity contribution in [2.24, 2.45) is 0 Å². The molecule has 1 fully saturated rings. The monoisotopic (exact) mass is 242 g/mol. The van der Waals surface area contributed by atoms with E-state index in [0.29, 0.717) is 0 Å². The fraction of sp³-hybridized carbons (Fsp3) is 0.455. The van der Waals surface area contributed by atoms with Crippen LogP contribution < -0.4 is 4.74 Å². The van der Waals surface area contributed by atoms with Gasteiger partial charge in [-0.3, -0.25) is 0 Å². The van der Waals surface area contributed by atoms with E-state index in [1.54, 1.807) is 12.1 Å². The van der Waals surface area contributed by atoms with Gasteiger partial charge in [-0.2, -0.15) is 0 Å². The van der Waals surface area contributed by atoms with Gasteiger partial charge >= 0.3 is 0 Å². The second kappa shape index (κ2) is 4.89. The van der Waals surface area contributed by atoms with Crippen LogP contribution in [0.5, 0.6) is 11.5 Å². The van der Waals surface area contributed by atoms with Crippen LogP contribution in [0.1, 0.15) is 0 Å². The SMILES string of the molecule is OCC1OC(Oc2ccccc2O)C(O)C1O. The number of para-hydroxylation sites is 2. The minimum atomic E-state index is -1.27. The molecule has 0 bridgehead atoms. The lowest BCUT2D eigenvalue weighted by Gasteiger charge is -2.17. The van der Waals surface area contributed by atoms with Crippen molar-refractivity contribution < 1.29 is 29.9 Å². The molecular weight excluding hydrogens is 228 g/mol. The highest BCUT2D eigenvalue weighted by atomic mass is 16.7. The molecule has 1 aliphatic rings. The zero-order valence-electron chi connectivity index (χ0n) is 8.93. The molecule has 6 heteroatoms. The summed E-state index contributed by atoms with van der Waals surface area (Å²) in [5.74, 6) is 0.0487. The van der Waals surface area contributed by atoms with Crippen molar-refractivity contribution in [3.63, 3.8) is 0 Å². The number of phenolic OH excluding ortho intramolecular Hbond substituents is 1. The van der Waals surface area contributed by atoms with Crippen LogP contribution in [-0.2, 0) is 4.74 Å². The van der Waals surface area contributed by atoms with Crippen LogP contribution in [0.3, 0.4) is 0 Å². The lowest BCUT2D eigenvalue weighted by molar-refractivity contribution is -0.117. The summed E-state index contributed by atoms with van der Waals surface area (Å²) < 4.78 is 10.3. The molecule has 1 heterocycles. The number of hydrogen-bond donors (Lipinski definition) is 4. The first-order valence-corrected chi connectivity index (χ1v) is 5.20. The van der Waals surface area contributed by atoms with E-state index >= 15 is 0 Å². The van der Waals surface area contributed by atoms with Gasteiger partial charge in [0.1, 0.15) is 18.3 Å². The zero-order chi connectivity index (χ0) is 12.4. The first-order chi connectivity index (χ1) is 8.13. The van der Waals surface area contributed by atoms with Crippen LogP contribution >= 0.6 is 0 Å². The second-order valence-corrected chi connectivity index (χ2v) is 3.79. The molecule has 94 valence electrons. The Kier molecular flexibility index (Phi) is 3.49. The standard InChI is InChI=1S/C11H14O6/c12-5-8-9(14)10(15)11(17-8)16-7-4-2-1-3-6(7)13/h1-4,8-15H,5H2. The van der Waals surface area contributed by atoms with Gasteiger partial charge < -0.3 is 29.9 Å². The van der Waals surface area contributed by atoms with E-state index in [-0.39, 0.29) is 11.5 Å². The van der Waals surface area contributed by atoms with Crippen LogP contribution in [-0.4, -0.2) is 51.6 Å². The number of hydrogen-bond acceptors (Lipinski definition) is 6. The lowest BCUT2D eigenvalue weighted by atomic mass is 10.1. The maximum Gasteiger partial charge on any atom is 0.229 e. The summed E-state index contributed by atoms with van der Waals surface area (Å²) in [6.07, 6.45) is -4.49. The van der Waals surface area contributed by atoms with Crippen molar-refractivity contribution in [1.82, 2.24) is 0 Å². The zero-order valence-corrected chi connectivity index (χ0v) is 8.93. The molecule has 0 spiro atoms. The van der Waals surface area contributed by atoms with Crippen molar-refractivity contribution in [3.8, 4) is 11.5 Å². The third-order valence-corrected chi connectivity index (χ3v) is 2.61. The summed E-state index contributed by atoms with van der Waals surface area (Å²) in [4.78, 5) is 0. The summed E-state index contributed by atoms with van der Waals surface area (Å²) in [5, 5.41) is 37.5. The fourth-order valence-corrected chi connectivity index (χ4v) is 1.64. The van der Waals surface area contributed by atoms with Crippen molar-refractivity contribution >= 4 is 0 Å². The number of aliphatic hydroxyl groups excluding tert-OH is 3. The summed E-state index contributed by atoms with van der Waals surface area (Å²) >= 11 is 0. The molecule has 1 saturated heterocycles. The molecule has 2 rings (SSSR count). The third kappa shape index (κ3) is 2.34. The molecule has 4 unspecified atom stereocenters. The first-order valence-electron chi connectivity index (χ1n) is 5.20. The third-order valence-electron chi connectivity index (χ3n) is 2.61. The van der Waals surface area contributed by atoms with Crippen LogP contribution in [0.25, 0.3) is 0 Å². The molecule has 1 aliphatic heterocycles. The quantitative estimate of drug-likeness (QED) is 0.554. The molecule has 0 aromatic heterocycles. The molecule has 1 aromatic carbocycles. The van der Waals surface area contributed by atoms with E-state index in [0.717, 1.165) is 0 Å². The smallest absolute Gasteiger partial charge is 0.229 e. The molecule has 1 aromatic rings. The van der Waals surface area contributed by atoms with Gasteiger partial charge in [0, 0.05) is 0 Å². The highest BCUT2D eigenvalue weighted by Crippen LogP contribution is 2.29. The Labute approximate surface area is 97.7 Å². The summed E-state index contributed by atoms with van der Waals surface area (Å²) in [5.41, 5.74) is 0. The van der Waals surface area contributed by atoms with E-state index in [1.807, 2.05) is 0 Å². The van der Waals surface area contributed by atoms with E-state index in [1.165, 1.54) is 12.1 Å². The molecule has 17 heavy (non-hydrogen) atoms. The van der Waals surface area contributed by atoms with Crippen LogP contribution in [0.15, 0.2) is 24.3 Å². The van der Waals surface area contributed by atoms with Gasteiger partial charge in [-0.1, -0.05) is 12.1 Å². The Morgan fingerprint density at radius 1 is 1.18 bits per heavy atom. The summed E-state index contributed by atoms with van der Waals surface area (Å²) in [6, 6.07) is 6.20. The molecule has 6 nitrogen and oxygen atoms in total. The highest BCUT2D eigenvalue weighted by Gasteiger charge is 2.44. The van der Waals surface area contributed by atoms with Crippen molar-refractivity contribution in [3.05, 3.63) is 24.3 Å². The van der Waals surface area contributed by atoms with E-state index < -0.39 is 31.2 Å². The Bertz CT molecular complexity index is 382. The van der Waals surface area contributed by atoms with Crippen LogP contribution in [0, 0.1) is 0 Å². The first kappa shape index (κ1) is 12.1. The van der Waals surface area contributed by atoms with Gasteiger partial charge in [-0.15, -0.1) is 0 Å². The predicted molar refractivity (Wildman–Crippen MR) is 56.5 cm³/mol.